The standard InChI is InChI=1S/C18H35N7O.HI/c1-19-18(20-14-16-15-23-8-10-24(16)11-9-23)25-12-6-22(7-13-25)5-4-17(26)21(2)3;/h16H,4-15H2,1-3H3,(H,19,20);1H. The number of carbonyl (C=O) groups excluding carboxylic acids is 1. The molecule has 2 bridgehead atoms. The van der Waals surface area contributed by atoms with Crippen molar-refractivity contribution in [3.8, 4) is 0 Å². The summed E-state index contributed by atoms with van der Waals surface area (Å²) in [5.74, 6) is 1.23. The first-order valence-corrected chi connectivity index (χ1v) is 9.91. The van der Waals surface area contributed by atoms with E-state index in [1.165, 1.54) is 32.7 Å². The average molecular weight is 493 g/mol. The summed E-state index contributed by atoms with van der Waals surface area (Å²) < 4.78 is 0. The highest BCUT2D eigenvalue weighted by atomic mass is 127. The number of piperazine rings is 4. The molecule has 8 nitrogen and oxygen atoms in total. The van der Waals surface area contributed by atoms with Crippen LogP contribution in [0.5, 0.6) is 0 Å². The molecular weight excluding hydrogens is 457 g/mol. The number of fused-ring (bicyclic) bond motifs is 3. The molecule has 0 aliphatic carbocycles. The average Bonchev–Trinajstić information content (AvgIpc) is 2.68. The van der Waals surface area contributed by atoms with E-state index in [1.807, 2.05) is 21.1 Å². The molecule has 0 aromatic rings. The molecule has 9 heteroatoms. The number of aliphatic imine (C=N–C) groups is 1. The summed E-state index contributed by atoms with van der Waals surface area (Å²) >= 11 is 0. The maximum atomic E-state index is 11.7. The monoisotopic (exact) mass is 493 g/mol. The molecule has 1 amide bonds. The van der Waals surface area contributed by atoms with Gasteiger partial charge in [-0.1, -0.05) is 0 Å². The van der Waals surface area contributed by atoms with Crippen LogP contribution in [0.25, 0.3) is 0 Å². The zero-order valence-corrected chi connectivity index (χ0v) is 19.4. The number of carbonyl (C=O) groups is 1. The van der Waals surface area contributed by atoms with Crippen molar-refractivity contribution in [3.05, 3.63) is 0 Å². The molecule has 4 aliphatic rings. The Kier molecular flexibility index (Phi) is 9.03. The Morgan fingerprint density at radius 3 is 2.26 bits per heavy atom. The lowest BCUT2D eigenvalue weighted by Gasteiger charge is -2.47. The van der Waals surface area contributed by atoms with Crippen molar-refractivity contribution >= 4 is 35.8 Å². The fourth-order valence-corrected chi connectivity index (χ4v) is 4.12. The van der Waals surface area contributed by atoms with Crippen LogP contribution in [0.4, 0.5) is 0 Å². The van der Waals surface area contributed by atoms with Gasteiger partial charge in [-0.3, -0.25) is 24.5 Å². The summed E-state index contributed by atoms with van der Waals surface area (Å²) in [6.45, 7) is 11.8. The van der Waals surface area contributed by atoms with Crippen molar-refractivity contribution in [2.75, 3.05) is 93.1 Å². The second-order valence-corrected chi connectivity index (χ2v) is 7.79. The SMILES string of the molecule is CN=C(NCC1CN2CCN1CC2)N1CCN(CCC(=O)N(C)C)CC1.I. The smallest absolute Gasteiger partial charge is 0.223 e. The summed E-state index contributed by atoms with van der Waals surface area (Å²) in [6, 6.07) is 0.604. The van der Waals surface area contributed by atoms with Crippen LogP contribution < -0.4 is 5.32 Å². The van der Waals surface area contributed by atoms with Crippen LogP contribution in [0.2, 0.25) is 0 Å². The summed E-state index contributed by atoms with van der Waals surface area (Å²) in [5.41, 5.74) is 0. The van der Waals surface area contributed by atoms with Gasteiger partial charge < -0.3 is 15.1 Å². The highest BCUT2D eigenvalue weighted by Gasteiger charge is 2.32. The molecule has 0 aromatic heterocycles. The van der Waals surface area contributed by atoms with Gasteiger partial charge in [0.15, 0.2) is 5.96 Å². The van der Waals surface area contributed by atoms with Gasteiger partial charge in [-0.05, 0) is 0 Å². The number of halogens is 1. The molecule has 1 unspecified atom stereocenters. The molecule has 4 saturated heterocycles. The Hall–Kier alpha value is -0.650. The van der Waals surface area contributed by atoms with Gasteiger partial charge in [-0.2, -0.15) is 0 Å². The molecule has 4 aliphatic heterocycles. The molecule has 1 N–H and O–H groups in total. The minimum atomic E-state index is 0. The Balaban J connectivity index is 0.00000261. The van der Waals surface area contributed by atoms with Crippen LogP contribution in [0.15, 0.2) is 4.99 Å². The Labute approximate surface area is 180 Å². The third-order valence-electron chi connectivity index (χ3n) is 5.91. The summed E-state index contributed by atoms with van der Waals surface area (Å²) in [4.78, 5) is 27.8. The first kappa shape index (κ1) is 22.6. The van der Waals surface area contributed by atoms with Crippen LogP contribution in [-0.2, 0) is 4.79 Å². The van der Waals surface area contributed by atoms with E-state index in [9.17, 15) is 4.79 Å². The number of hydrogen-bond donors (Lipinski definition) is 1. The van der Waals surface area contributed by atoms with Crippen LogP contribution >= 0.6 is 24.0 Å². The normalized spacial score (nSPS) is 28.6. The van der Waals surface area contributed by atoms with E-state index in [0.717, 1.165) is 45.2 Å². The van der Waals surface area contributed by atoms with Crippen molar-refractivity contribution < 1.29 is 4.79 Å². The number of guanidine groups is 1. The van der Waals surface area contributed by atoms with Crippen molar-refractivity contribution in [3.63, 3.8) is 0 Å². The Morgan fingerprint density at radius 1 is 1.07 bits per heavy atom. The first-order chi connectivity index (χ1) is 12.6. The molecule has 4 rings (SSSR count). The van der Waals surface area contributed by atoms with Crippen molar-refractivity contribution in [2.45, 2.75) is 12.5 Å². The zero-order valence-electron chi connectivity index (χ0n) is 17.1. The molecule has 4 heterocycles. The number of amides is 1. The van der Waals surface area contributed by atoms with E-state index in [1.54, 1.807) is 4.90 Å². The van der Waals surface area contributed by atoms with Crippen LogP contribution in [-0.4, -0.2) is 136 Å². The van der Waals surface area contributed by atoms with Gasteiger partial charge in [0.05, 0.1) is 0 Å². The second-order valence-electron chi connectivity index (χ2n) is 7.79. The van der Waals surface area contributed by atoms with Gasteiger partial charge in [0.1, 0.15) is 0 Å². The predicted octanol–water partition coefficient (Wildman–Crippen LogP) is -0.724. The Bertz CT molecular complexity index is 500. The fourth-order valence-electron chi connectivity index (χ4n) is 4.12. The van der Waals surface area contributed by atoms with E-state index in [0.29, 0.717) is 12.5 Å². The van der Waals surface area contributed by atoms with Crippen molar-refractivity contribution in [1.82, 2.24) is 29.8 Å². The quantitative estimate of drug-likeness (QED) is 0.310. The number of hydrogen-bond acceptors (Lipinski definition) is 5. The highest BCUT2D eigenvalue weighted by molar-refractivity contribution is 14.0. The second kappa shape index (κ2) is 10.8. The lowest BCUT2D eigenvalue weighted by Crippen LogP contribution is -2.64. The largest absolute Gasteiger partial charge is 0.355 e. The Morgan fingerprint density at radius 2 is 1.74 bits per heavy atom. The van der Waals surface area contributed by atoms with Gasteiger partial charge in [-0.25, -0.2) is 0 Å². The molecule has 0 spiro atoms. The van der Waals surface area contributed by atoms with Crippen LogP contribution in [0.1, 0.15) is 6.42 Å². The van der Waals surface area contributed by atoms with Gasteiger partial charge in [-0.15, -0.1) is 24.0 Å². The predicted molar refractivity (Wildman–Crippen MR) is 120 cm³/mol. The van der Waals surface area contributed by atoms with E-state index in [-0.39, 0.29) is 29.9 Å². The molecule has 4 fully saturated rings. The number of rotatable bonds is 5. The summed E-state index contributed by atoms with van der Waals surface area (Å²) in [7, 11) is 5.52. The topological polar surface area (TPSA) is 57.7 Å². The molecule has 1 atom stereocenters. The minimum absolute atomic E-state index is 0. The maximum Gasteiger partial charge on any atom is 0.223 e. The van der Waals surface area contributed by atoms with E-state index in [2.05, 4.69) is 29.9 Å². The minimum Gasteiger partial charge on any atom is -0.355 e. The first-order valence-electron chi connectivity index (χ1n) is 9.91. The number of nitrogens with zero attached hydrogens (tertiary/aromatic N) is 6. The van der Waals surface area contributed by atoms with Crippen molar-refractivity contribution in [1.29, 1.82) is 0 Å². The molecule has 0 saturated carbocycles. The fraction of sp³-hybridized carbons (Fsp3) is 0.889. The summed E-state index contributed by atoms with van der Waals surface area (Å²) in [5, 5.41) is 3.60. The van der Waals surface area contributed by atoms with E-state index in [4.69, 9.17) is 0 Å². The van der Waals surface area contributed by atoms with E-state index >= 15 is 0 Å². The lowest BCUT2D eigenvalue weighted by molar-refractivity contribution is -0.129. The van der Waals surface area contributed by atoms with Crippen molar-refractivity contribution in [2.24, 2.45) is 4.99 Å². The maximum absolute atomic E-state index is 11.7. The lowest BCUT2D eigenvalue weighted by atomic mass is 10.1. The molecule has 0 radical (unpaired) electrons. The van der Waals surface area contributed by atoms with Crippen LogP contribution in [0, 0.1) is 0 Å². The van der Waals surface area contributed by atoms with Gasteiger partial charge >= 0.3 is 0 Å². The van der Waals surface area contributed by atoms with E-state index < -0.39 is 0 Å². The highest BCUT2D eigenvalue weighted by Crippen LogP contribution is 2.15. The molecule has 27 heavy (non-hydrogen) atoms. The summed E-state index contributed by atoms with van der Waals surface area (Å²) in [6.07, 6.45) is 0.605. The molecular formula is C18H36IN7O. The number of nitrogens with one attached hydrogen (secondary N) is 1. The molecule has 156 valence electrons. The van der Waals surface area contributed by atoms with Gasteiger partial charge in [0.25, 0.3) is 0 Å². The zero-order chi connectivity index (χ0) is 18.5. The van der Waals surface area contributed by atoms with Crippen LogP contribution in [0.3, 0.4) is 0 Å². The third-order valence-corrected chi connectivity index (χ3v) is 5.91. The molecule has 0 aromatic carbocycles. The van der Waals surface area contributed by atoms with Gasteiger partial charge in [0.2, 0.25) is 5.91 Å². The third kappa shape index (κ3) is 6.16. The van der Waals surface area contributed by atoms with Gasteiger partial charge in [0, 0.05) is 106 Å².